The van der Waals surface area contributed by atoms with Gasteiger partial charge in [0.25, 0.3) is 5.91 Å². The highest BCUT2D eigenvalue weighted by atomic mass is 16.4. The standard InChI is InChI=1S/C16H23N5O3/c1-5-19(9-13-10-20(6-2)18-11(13)3)15(22)14-7-8-17-21(14)12(4)16(23)24/h7-8,10,12H,5-6,9H2,1-4H3,(H,23,24). The summed E-state index contributed by atoms with van der Waals surface area (Å²) < 4.78 is 3.08. The zero-order valence-electron chi connectivity index (χ0n) is 14.4. The van der Waals surface area contributed by atoms with E-state index in [0.29, 0.717) is 13.1 Å². The number of aliphatic carboxylic acids is 1. The Bertz CT molecular complexity index is 734. The van der Waals surface area contributed by atoms with E-state index in [1.807, 2.05) is 31.6 Å². The van der Waals surface area contributed by atoms with E-state index in [2.05, 4.69) is 10.2 Å². The second-order valence-electron chi connectivity index (χ2n) is 5.59. The van der Waals surface area contributed by atoms with Gasteiger partial charge in [0.15, 0.2) is 0 Å². The fourth-order valence-electron chi connectivity index (χ4n) is 2.47. The summed E-state index contributed by atoms with van der Waals surface area (Å²) in [4.78, 5) is 25.7. The third-order valence-corrected chi connectivity index (χ3v) is 4.02. The van der Waals surface area contributed by atoms with Gasteiger partial charge in [-0.3, -0.25) is 9.48 Å². The molecule has 1 unspecified atom stereocenters. The predicted molar refractivity (Wildman–Crippen MR) is 87.6 cm³/mol. The average Bonchev–Trinajstić information content (AvgIpc) is 3.17. The van der Waals surface area contributed by atoms with E-state index in [4.69, 9.17) is 5.11 Å². The van der Waals surface area contributed by atoms with Gasteiger partial charge in [-0.1, -0.05) is 0 Å². The molecule has 0 spiro atoms. The predicted octanol–water partition coefficient (Wildman–Crippen LogP) is 1.72. The average molecular weight is 333 g/mol. The Labute approximate surface area is 140 Å². The van der Waals surface area contributed by atoms with Gasteiger partial charge < -0.3 is 10.0 Å². The minimum atomic E-state index is -1.03. The van der Waals surface area contributed by atoms with Gasteiger partial charge in [-0.15, -0.1) is 0 Å². The number of aromatic nitrogens is 4. The fraction of sp³-hybridized carbons (Fsp3) is 0.500. The molecule has 0 aliphatic carbocycles. The summed E-state index contributed by atoms with van der Waals surface area (Å²) in [5.74, 6) is -1.28. The molecule has 8 heteroatoms. The van der Waals surface area contributed by atoms with Crippen molar-refractivity contribution in [1.82, 2.24) is 24.5 Å². The van der Waals surface area contributed by atoms with Gasteiger partial charge >= 0.3 is 5.97 Å². The van der Waals surface area contributed by atoms with Crippen molar-refractivity contribution in [2.24, 2.45) is 0 Å². The van der Waals surface area contributed by atoms with E-state index in [9.17, 15) is 9.59 Å². The first-order valence-electron chi connectivity index (χ1n) is 7.97. The Morgan fingerprint density at radius 3 is 2.62 bits per heavy atom. The third-order valence-electron chi connectivity index (χ3n) is 4.02. The second kappa shape index (κ2) is 7.29. The Morgan fingerprint density at radius 2 is 2.08 bits per heavy atom. The van der Waals surface area contributed by atoms with Crippen molar-refractivity contribution in [2.75, 3.05) is 6.54 Å². The summed E-state index contributed by atoms with van der Waals surface area (Å²) in [6.45, 7) is 9.00. The van der Waals surface area contributed by atoms with Crippen LogP contribution in [0.1, 0.15) is 48.6 Å². The van der Waals surface area contributed by atoms with Gasteiger partial charge in [-0.25, -0.2) is 9.48 Å². The molecule has 1 amide bonds. The van der Waals surface area contributed by atoms with E-state index in [1.165, 1.54) is 17.8 Å². The molecule has 2 aromatic heterocycles. The highest BCUT2D eigenvalue weighted by Crippen LogP contribution is 2.15. The molecule has 0 radical (unpaired) electrons. The maximum absolute atomic E-state index is 12.8. The summed E-state index contributed by atoms with van der Waals surface area (Å²) in [6.07, 6.45) is 3.38. The van der Waals surface area contributed by atoms with E-state index in [1.54, 1.807) is 11.0 Å². The van der Waals surface area contributed by atoms with Crippen molar-refractivity contribution in [3.63, 3.8) is 0 Å². The number of hydrogen-bond acceptors (Lipinski definition) is 4. The lowest BCUT2D eigenvalue weighted by Crippen LogP contribution is -2.33. The molecule has 0 fully saturated rings. The van der Waals surface area contributed by atoms with E-state index in [-0.39, 0.29) is 11.6 Å². The summed E-state index contributed by atoms with van der Waals surface area (Å²) in [6, 6.07) is 0.648. The zero-order valence-corrected chi connectivity index (χ0v) is 14.4. The minimum Gasteiger partial charge on any atom is -0.480 e. The maximum Gasteiger partial charge on any atom is 0.328 e. The molecule has 24 heavy (non-hydrogen) atoms. The molecule has 0 aliphatic rings. The van der Waals surface area contributed by atoms with Crippen molar-refractivity contribution in [1.29, 1.82) is 0 Å². The number of aryl methyl sites for hydroxylation is 2. The van der Waals surface area contributed by atoms with Crippen LogP contribution in [0.15, 0.2) is 18.5 Å². The summed E-state index contributed by atoms with van der Waals surface area (Å²) >= 11 is 0. The Balaban J connectivity index is 2.25. The summed E-state index contributed by atoms with van der Waals surface area (Å²) in [5.41, 5.74) is 2.13. The molecular weight excluding hydrogens is 310 g/mol. The number of carbonyl (C=O) groups excluding carboxylic acids is 1. The van der Waals surface area contributed by atoms with Crippen LogP contribution in [0.3, 0.4) is 0 Å². The van der Waals surface area contributed by atoms with Crippen LogP contribution in [0.4, 0.5) is 0 Å². The summed E-state index contributed by atoms with van der Waals surface area (Å²) in [5, 5.41) is 17.5. The molecular formula is C16H23N5O3. The van der Waals surface area contributed by atoms with Gasteiger partial charge in [0.2, 0.25) is 0 Å². The number of rotatable bonds is 7. The molecule has 2 rings (SSSR count). The van der Waals surface area contributed by atoms with Crippen molar-refractivity contribution >= 4 is 11.9 Å². The smallest absolute Gasteiger partial charge is 0.328 e. The molecule has 8 nitrogen and oxygen atoms in total. The quantitative estimate of drug-likeness (QED) is 0.832. The topological polar surface area (TPSA) is 93.3 Å². The Hall–Kier alpha value is -2.64. The zero-order chi connectivity index (χ0) is 17.9. The molecule has 2 aromatic rings. The number of carboxylic acid groups (broad SMARTS) is 1. The maximum atomic E-state index is 12.8. The van der Waals surface area contributed by atoms with Gasteiger partial charge in [-0.2, -0.15) is 10.2 Å². The number of amides is 1. The van der Waals surface area contributed by atoms with Crippen LogP contribution in [-0.2, 0) is 17.9 Å². The molecule has 0 bridgehead atoms. The molecule has 0 aliphatic heterocycles. The highest BCUT2D eigenvalue weighted by molar-refractivity contribution is 5.93. The summed E-state index contributed by atoms with van der Waals surface area (Å²) in [7, 11) is 0. The molecule has 1 N–H and O–H groups in total. The van der Waals surface area contributed by atoms with Gasteiger partial charge in [0.05, 0.1) is 5.69 Å². The van der Waals surface area contributed by atoms with Crippen LogP contribution in [0.5, 0.6) is 0 Å². The van der Waals surface area contributed by atoms with Crippen LogP contribution in [0.2, 0.25) is 0 Å². The third kappa shape index (κ3) is 3.47. The lowest BCUT2D eigenvalue weighted by molar-refractivity contribution is -0.140. The molecule has 0 saturated carbocycles. The molecule has 0 saturated heterocycles. The highest BCUT2D eigenvalue weighted by Gasteiger charge is 2.24. The Kier molecular flexibility index (Phi) is 5.38. The number of carboxylic acids is 1. The molecule has 2 heterocycles. The Morgan fingerprint density at radius 1 is 1.38 bits per heavy atom. The van der Waals surface area contributed by atoms with Crippen molar-refractivity contribution in [3.8, 4) is 0 Å². The fourth-order valence-corrected chi connectivity index (χ4v) is 2.47. The van der Waals surface area contributed by atoms with Crippen LogP contribution >= 0.6 is 0 Å². The van der Waals surface area contributed by atoms with Crippen LogP contribution in [-0.4, -0.2) is 48.0 Å². The first kappa shape index (κ1) is 17.7. The van der Waals surface area contributed by atoms with Crippen molar-refractivity contribution in [3.05, 3.63) is 35.4 Å². The lowest BCUT2D eigenvalue weighted by Gasteiger charge is -2.21. The number of nitrogens with zero attached hydrogens (tertiary/aromatic N) is 5. The first-order chi connectivity index (χ1) is 11.4. The van der Waals surface area contributed by atoms with E-state index >= 15 is 0 Å². The number of hydrogen-bond donors (Lipinski definition) is 1. The van der Waals surface area contributed by atoms with Gasteiger partial charge in [0.1, 0.15) is 11.7 Å². The molecule has 0 aromatic carbocycles. The largest absolute Gasteiger partial charge is 0.480 e. The van der Waals surface area contributed by atoms with Gasteiger partial charge in [0, 0.05) is 37.6 Å². The minimum absolute atomic E-state index is 0.244. The first-order valence-corrected chi connectivity index (χ1v) is 7.97. The number of carbonyl (C=O) groups is 2. The lowest BCUT2D eigenvalue weighted by atomic mass is 10.2. The van der Waals surface area contributed by atoms with Crippen LogP contribution in [0.25, 0.3) is 0 Å². The van der Waals surface area contributed by atoms with E-state index < -0.39 is 12.0 Å². The SMILES string of the molecule is CCN(Cc1cn(CC)nc1C)C(=O)c1ccnn1C(C)C(=O)O. The van der Waals surface area contributed by atoms with Crippen LogP contribution < -0.4 is 0 Å². The monoisotopic (exact) mass is 333 g/mol. The van der Waals surface area contributed by atoms with Crippen molar-refractivity contribution in [2.45, 2.75) is 46.8 Å². The van der Waals surface area contributed by atoms with E-state index in [0.717, 1.165) is 17.8 Å². The van der Waals surface area contributed by atoms with Gasteiger partial charge in [-0.05, 0) is 33.8 Å². The normalized spacial score (nSPS) is 12.2. The van der Waals surface area contributed by atoms with Crippen molar-refractivity contribution < 1.29 is 14.7 Å². The second-order valence-corrected chi connectivity index (χ2v) is 5.59. The van der Waals surface area contributed by atoms with Crippen LogP contribution in [0, 0.1) is 6.92 Å². The molecule has 1 atom stereocenters. The molecule has 130 valence electrons.